The average molecular weight is 398 g/mol. The highest BCUT2D eigenvalue weighted by Gasteiger charge is 2.25. The molecule has 0 unspecified atom stereocenters. The van der Waals surface area contributed by atoms with Crippen LogP contribution >= 0.6 is 22.9 Å². The fourth-order valence-corrected chi connectivity index (χ4v) is 3.50. The largest absolute Gasteiger partial charge is 0.320 e. The van der Waals surface area contributed by atoms with Crippen LogP contribution < -0.4 is 10.1 Å². The van der Waals surface area contributed by atoms with Crippen LogP contribution in [0.2, 0.25) is 5.02 Å². The second-order valence-corrected chi connectivity index (χ2v) is 7.08. The molecule has 2 aromatic carbocycles. The minimum Gasteiger partial charge on any atom is -0.320 e. The number of halogens is 1. The lowest BCUT2D eigenvalue weighted by atomic mass is 10.1. The second-order valence-electron chi connectivity index (χ2n) is 5.69. The number of hydrogen-bond acceptors (Lipinski definition) is 6. The zero-order valence-corrected chi connectivity index (χ0v) is 15.6. The number of carbonyl (C=O) groups is 2. The number of anilines is 1. The number of amides is 1. The predicted octanol–water partition coefficient (Wildman–Crippen LogP) is 3.05. The minimum absolute atomic E-state index is 0.186. The highest BCUT2D eigenvalue weighted by Crippen LogP contribution is 2.22. The Morgan fingerprint density at radius 2 is 2.00 bits per heavy atom. The molecule has 2 heterocycles. The van der Waals surface area contributed by atoms with Gasteiger partial charge in [-0.3, -0.25) is 9.59 Å². The van der Waals surface area contributed by atoms with Crippen molar-refractivity contribution in [2.24, 2.45) is 10.2 Å². The fraction of sp³-hybridized carbons (Fsp3) is 0.0556. The van der Waals surface area contributed by atoms with E-state index in [0.29, 0.717) is 26.8 Å². The summed E-state index contributed by atoms with van der Waals surface area (Å²) in [5, 5.41) is 16.2. The Labute approximate surface area is 162 Å². The number of Topliss-reactive ketones (excluding diaryl/α,β-unsaturated/α-hetero) is 1. The van der Waals surface area contributed by atoms with Gasteiger partial charge < -0.3 is 5.32 Å². The van der Waals surface area contributed by atoms with Crippen LogP contribution in [0.5, 0.6) is 0 Å². The molecule has 0 saturated heterocycles. The summed E-state index contributed by atoms with van der Waals surface area (Å²) < 4.78 is 1.48. The molecule has 1 aliphatic rings. The topological polar surface area (TPSA) is 88.7 Å². The molecular formula is C18H12ClN5O2S. The van der Waals surface area contributed by atoms with Gasteiger partial charge in [0.15, 0.2) is 16.5 Å². The number of para-hydroxylation sites is 1. The monoisotopic (exact) mass is 397 g/mol. The van der Waals surface area contributed by atoms with Crippen LogP contribution in [0.4, 0.5) is 5.69 Å². The predicted molar refractivity (Wildman–Crippen MR) is 104 cm³/mol. The van der Waals surface area contributed by atoms with E-state index in [1.165, 1.54) is 11.6 Å². The summed E-state index contributed by atoms with van der Waals surface area (Å²) >= 11 is 7.14. The molecule has 1 N–H and O–H groups in total. The highest BCUT2D eigenvalue weighted by molar-refractivity contribution is 7.11. The van der Waals surface area contributed by atoms with Crippen LogP contribution in [-0.4, -0.2) is 27.2 Å². The zero-order valence-electron chi connectivity index (χ0n) is 14.0. The van der Waals surface area contributed by atoms with Crippen LogP contribution in [0.25, 0.3) is 5.69 Å². The van der Waals surface area contributed by atoms with Crippen molar-refractivity contribution in [3.8, 4) is 5.69 Å². The Morgan fingerprint density at radius 1 is 1.19 bits per heavy atom. The third-order valence-electron chi connectivity index (χ3n) is 3.79. The van der Waals surface area contributed by atoms with Gasteiger partial charge in [0.05, 0.1) is 11.4 Å². The van der Waals surface area contributed by atoms with Crippen LogP contribution in [0.3, 0.4) is 0 Å². The third-order valence-corrected chi connectivity index (χ3v) is 5.03. The number of nitrogens with one attached hydrogen (secondary N) is 1. The molecule has 4 rings (SSSR count). The molecule has 1 amide bonds. The molecule has 27 heavy (non-hydrogen) atoms. The summed E-state index contributed by atoms with van der Waals surface area (Å²) in [6.07, 6.45) is 0. The molecule has 0 spiro atoms. The van der Waals surface area contributed by atoms with Crippen molar-refractivity contribution in [3.05, 3.63) is 68.9 Å². The van der Waals surface area contributed by atoms with E-state index in [2.05, 4.69) is 20.6 Å². The van der Waals surface area contributed by atoms with Gasteiger partial charge in [0, 0.05) is 17.5 Å². The van der Waals surface area contributed by atoms with Gasteiger partial charge in [-0.05, 0) is 24.3 Å². The third kappa shape index (κ3) is 3.32. The number of rotatable bonds is 3. The van der Waals surface area contributed by atoms with Crippen LogP contribution in [0, 0.1) is 0 Å². The Kier molecular flexibility index (Phi) is 4.43. The Morgan fingerprint density at radius 3 is 2.78 bits per heavy atom. The maximum absolute atomic E-state index is 12.2. The number of hydrogen-bond donors (Lipinski definition) is 1. The normalized spacial score (nSPS) is 15.1. The van der Waals surface area contributed by atoms with Crippen molar-refractivity contribution < 1.29 is 9.59 Å². The lowest BCUT2D eigenvalue weighted by Gasteiger charge is -2.00. The Balaban J connectivity index is 1.86. The summed E-state index contributed by atoms with van der Waals surface area (Å²) in [6.45, 7) is 1.43. The molecule has 0 fully saturated rings. The van der Waals surface area contributed by atoms with Crippen LogP contribution in [-0.2, 0) is 4.79 Å². The number of ketones is 1. The van der Waals surface area contributed by atoms with Crippen molar-refractivity contribution in [2.45, 2.75) is 6.92 Å². The molecule has 7 nitrogen and oxygen atoms in total. The van der Waals surface area contributed by atoms with E-state index >= 15 is 0 Å². The molecule has 0 aliphatic carbocycles. The SMILES string of the molecule is CC(=O)c1nn(-c2cccc(Cl)c2)/c(=N\N=C2/C(=O)Nc3ccccc32)s1. The van der Waals surface area contributed by atoms with Crippen LogP contribution in [0.15, 0.2) is 58.7 Å². The summed E-state index contributed by atoms with van der Waals surface area (Å²) in [5.74, 6) is -0.514. The molecule has 9 heteroatoms. The first-order valence-electron chi connectivity index (χ1n) is 7.92. The second kappa shape index (κ2) is 6.90. The number of benzene rings is 2. The van der Waals surface area contributed by atoms with E-state index in [9.17, 15) is 9.59 Å². The molecular weight excluding hydrogens is 386 g/mol. The first kappa shape index (κ1) is 17.3. The quantitative estimate of drug-likeness (QED) is 0.544. The van der Waals surface area contributed by atoms with E-state index < -0.39 is 0 Å². The maximum Gasteiger partial charge on any atom is 0.276 e. The average Bonchev–Trinajstić information content (AvgIpc) is 3.20. The van der Waals surface area contributed by atoms with Gasteiger partial charge >= 0.3 is 0 Å². The summed E-state index contributed by atoms with van der Waals surface area (Å²) in [4.78, 5) is 24.3. The summed E-state index contributed by atoms with van der Waals surface area (Å²) in [7, 11) is 0. The lowest BCUT2D eigenvalue weighted by Crippen LogP contribution is -2.16. The summed E-state index contributed by atoms with van der Waals surface area (Å²) in [6, 6.07) is 14.2. The van der Waals surface area contributed by atoms with Gasteiger partial charge in [0.25, 0.3) is 5.91 Å². The molecule has 0 bridgehead atoms. The number of aromatic nitrogens is 2. The summed E-state index contributed by atoms with van der Waals surface area (Å²) in [5.41, 5.74) is 2.22. The smallest absolute Gasteiger partial charge is 0.276 e. The highest BCUT2D eigenvalue weighted by atomic mass is 35.5. The Bertz CT molecular complexity index is 1180. The van der Waals surface area contributed by atoms with Crippen molar-refractivity contribution in [2.75, 3.05) is 5.32 Å². The van der Waals surface area contributed by atoms with Gasteiger partial charge in [-0.1, -0.05) is 47.2 Å². The first-order chi connectivity index (χ1) is 13.0. The lowest BCUT2D eigenvalue weighted by molar-refractivity contribution is -0.110. The van der Waals surface area contributed by atoms with Gasteiger partial charge in [-0.25, -0.2) is 4.68 Å². The molecule has 0 radical (unpaired) electrons. The standard InChI is InChI=1S/C18H12ClN5O2S/c1-10(25)17-23-24(12-6-4-5-11(19)9-12)18(27-17)22-21-15-13-7-2-3-8-14(13)20-16(15)26/h2-9H,1H3,(H,20,21,26)/b22-18+. The molecule has 0 atom stereocenters. The zero-order chi connectivity index (χ0) is 19.0. The first-order valence-corrected chi connectivity index (χ1v) is 9.12. The van der Waals surface area contributed by atoms with E-state index in [1.807, 2.05) is 12.1 Å². The molecule has 0 saturated carbocycles. The molecule has 1 aromatic heterocycles. The molecule has 134 valence electrons. The van der Waals surface area contributed by atoms with Crippen molar-refractivity contribution in [1.82, 2.24) is 9.78 Å². The molecule has 1 aliphatic heterocycles. The van der Waals surface area contributed by atoms with E-state index in [4.69, 9.17) is 11.6 Å². The van der Waals surface area contributed by atoms with E-state index in [0.717, 1.165) is 11.3 Å². The van der Waals surface area contributed by atoms with Gasteiger partial charge in [0.1, 0.15) is 0 Å². The van der Waals surface area contributed by atoms with Crippen molar-refractivity contribution in [1.29, 1.82) is 0 Å². The van der Waals surface area contributed by atoms with Crippen molar-refractivity contribution >= 4 is 46.0 Å². The maximum atomic E-state index is 12.2. The number of carbonyl (C=O) groups excluding carboxylic acids is 2. The van der Waals surface area contributed by atoms with Crippen molar-refractivity contribution in [3.63, 3.8) is 0 Å². The number of fused-ring (bicyclic) bond motifs is 1. The fourth-order valence-electron chi connectivity index (χ4n) is 2.56. The van der Waals surface area contributed by atoms with E-state index in [-0.39, 0.29) is 22.4 Å². The van der Waals surface area contributed by atoms with E-state index in [1.54, 1.807) is 36.4 Å². The van der Waals surface area contributed by atoms with Gasteiger partial charge in [-0.2, -0.15) is 5.10 Å². The number of nitrogens with zero attached hydrogens (tertiary/aromatic N) is 4. The van der Waals surface area contributed by atoms with Crippen LogP contribution in [0.1, 0.15) is 22.3 Å². The minimum atomic E-state index is -0.328. The Hall–Kier alpha value is -3.10. The van der Waals surface area contributed by atoms with Gasteiger partial charge in [0.2, 0.25) is 4.80 Å². The molecule has 3 aromatic rings. The van der Waals surface area contributed by atoms with Gasteiger partial charge in [-0.15, -0.1) is 10.2 Å².